The minimum Gasteiger partial charge on any atom is -0.756 e. The molecule has 0 saturated heterocycles. The number of carbonyl (C=O) groups excluding carboxylic acids is 1. The lowest BCUT2D eigenvalue weighted by Crippen LogP contribution is -2.45. The number of phosphoric ester groups is 1. The van der Waals surface area contributed by atoms with Crippen molar-refractivity contribution in [2.75, 3.05) is 40.9 Å². The molecule has 0 aliphatic heterocycles. The highest BCUT2D eigenvalue weighted by Crippen LogP contribution is 2.38. The van der Waals surface area contributed by atoms with Gasteiger partial charge in [-0.25, -0.2) is 0 Å². The van der Waals surface area contributed by atoms with Crippen molar-refractivity contribution < 1.29 is 32.9 Å². The second-order valence-electron chi connectivity index (χ2n) is 18.9. The largest absolute Gasteiger partial charge is 0.756 e. The zero-order valence-electron chi connectivity index (χ0n) is 40.9. The molecule has 0 radical (unpaired) electrons. The fraction of sp³-hybridized carbons (Fsp3) is 0.865. The van der Waals surface area contributed by atoms with Crippen LogP contribution in [-0.2, 0) is 18.4 Å². The summed E-state index contributed by atoms with van der Waals surface area (Å²) in [5, 5.41) is 13.7. The third kappa shape index (κ3) is 46.5. The Bertz CT molecular complexity index is 1090. The number of aliphatic hydroxyl groups is 1. The van der Waals surface area contributed by atoms with E-state index in [-0.39, 0.29) is 12.5 Å². The molecule has 1 amide bonds. The fourth-order valence-corrected chi connectivity index (χ4v) is 8.20. The highest BCUT2D eigenvalue weighted by Gasteiger charge is 2.23. The third-order valence-electron chi connectivity index (χ3n) is 11.6. The molecule has 61 heavy (non-hydrogen) atoms. The van der Waals surface area contributed by atoms with E-state index in [0.29, 0.717) is 17.4 Å². The molecule has 3 unspecified atom stereocenters. The maximum absolute atomic E-state index is 12.8. The molecule has 3 atom stereocenters. The predicted molar refractivity (Wildman–Crippen MR) is 261 cm³/mol. The van der Waals surface area contributed by atoms with E-state index in [1.54, 1.807) is 6.08 Å². The number of nitrogens with one attached hydrogen (secondary N) is 1. The minimum absolute atomic E-state index is 0.00810. The Kier molecular flexibility index (Phi) is 43.0. The van der Waals surface area contributed by atoms with E-state index >= 15 is 0 Å². The Morgan fingerprint density at radius 1 is 0.557 bits per heavy atom. The quantitative estimate of drug-likeness (QED) is 0.0273. The van der Waals surface area contributed by atoms with E-state index in [1.165, 1.54) is 173 Å². The van der Waals surface area contributed by atoms with Crippen LogP contribution in [0.2, 0.25) is 0 Å². The van der Waals surface area contributed by atoms with Gasteiger partial charge in [0.2, 0.25) is 5.91 Å². The molecular formula is C52H101N2O6P. The van der Waals surface area contributed by atoms with Crippen LogP contribution in [0.3, 0.4) is 0 Å². The van der Waals surface area contributed by atoms with Crippen molar-refractivity contribution in [1.82, 2.24) is 5.32 Å². The number of phosphoric acid groups is 1. The molecule has 8 nitrogen and oxygen atoms in total. The zero-order valence-corrected chi connectivity index (χ0v) is 41.8. The summed E-state index contributed by atoms with van der Waals surface area (Å²) < 4.78 is 23.2. The van der Waals surface area contributed by atoms with Crippen LogP contribution in [0.15, 0.2) is 36.5 Å². The number of allylic oxidation sites excluding steroid dienone is 5. The van der Waals surface area contributed by atoms with Gasteiger partial charge in [0.05, 0.1) is 39.9 Å². The van der Waals surface area contributed by atoms with E-state index in [2.05, 4.69) is 43.5 Å². The molecule has 0 aromatic heterocycles. The average molecular weight is 881 g/mol. The van der Waals surface area contributed by atoms with Gasteiger partial charge in [0.25, 0.3) is 7.82 Å². The van der Waals surface area contributed by atoms with E-state index in [0.717, 1.165) is 44.9 Å². The molecule has 0 aliphatic carbocycles. The van der Waals surface area contributed by atoms with E-state index in [4.69, 9.17) is 9.05 Å². The van der Waals surface area contributed by atoms with E-state index in [1.807, 2.05) is 27.2 Å². The number of quaternary nitrogens is 1. The lowest BCUT2D eigenvalue weighted by atomic mass is 10.0. The molecule has 360 valence electrons. The fourth-order valence-electron chi connectivity index (χ4n) is 7.48. The van der Waals surface area contributed by atoms with Crippen molar-refractivity contribution in [2.45, 2.75) is 251 Å². The zero-order chi connectivity index (χ0) is 45.0. The summed E-state index contributed by atoms with van der Waals surface area (Å²) in [5.74, 6) is -0.214. The van der Waals surface area contributed by atoms with Gasteiger partial charge in [0.1, 0.15) is 13.2 Å². The van der Waals surface area contributed by atoms with Crippen LogP contribution in [0, 0.1) is 0 Å². The van der Waals surface area contributed by atoms with Crippen molar-refractivity contribution in [3.63, 3.8) is 0 Å². The highest BCUT2D eigenvalue weighted by atomic mass is 31.2. The average Bonchev–Trinajstić information content (AvgIpc) is 3.21. The van der Waals surface area contributed by atoms with E-state index < -0.39 is 26.6 Å². The van der Waals surface area contributed by atoms with Gasteiger partial charge in [-0.2, -0.15) is 0 Å². The summed E-state index contributed by atoms with van der Waals surface area (Å²) in [6.45, 7) is 4.60. The van der Waals surface area contributed by atoms with Crippen molar-refractivity contribution in [3.8, 4) is 0 Å². The first-order valence-corrected chi connectivity index (χ1v) is 27.3. The Balaban J connectivity index is 4.15. The first-order valence-electron chi connectivity index (χ1n) is 25.9. The normalized spacial score (nSPS) is 14.4. The molecule has 0 spiro atoms. The number of rotatable bonds is 47. The SMILES string of the molecule is CCCCCCCCCCCCCCCCCCCCCC/C=C/CC/C=C/CC/C=C/C(O)C(COP(=O)([O-])OCC[N+](C)(C)C)NC(=O)CCCCCCCCCCC. The second kappa shape index (κ2) is 43.9. The van der Waals surface area contributed by atoms with Gasteiger partial charge in [-0.1, -0.05) is 224 Å². The van der Waals surface area contributed by atoms with Crippen molar-refractivity contribution in [2.24, 2.45) is 0 Å². The lowest BCUT2D eigenvalue weighted by Gasteiger charge is -2.29. The van der Waals surface area contributed by atoms with Crippen LogP contribution < -0.4 is 10.2 Å². The van der Waals surface area contributed by atoms with Crippen LogP contribution >= 0.6 is 7.82 Å². The number of aliphatic hydroxyl groups excluding tert-OH is 1. The van der Waals surface area contributed by atoms with Crippen LogP contribution in [0.1, 0.15) is 239 Å². The van der Waals surface area contributed by atoms with Gasteiger partial charge >= 0.3 is 0 Å². The Morgan fingerprint density at radius 2 is 0.918 bits per heavy atom. The number of nitrogens with zero attached hydrogens (tertiary/aromatic N) is 1. The predicted octanol–water partition coefficient (Wildman–Crippen LogP) is 14.4. The maximum atomic E-state index is 12.8. The van der Waals surface area contributed by atoms with Gasteiger partial charge in [-0.05, 0) is 44.9 Å². The molecule has 0 bridgehead atoms. The van der Waals surface area contributed by atoms with E-state index in [9.17, 15) is 19.4 Å². The summed E-state index contributed by atoms with van der Waals surface area (Å²) in [5.41, 5.74) is 0. The number of carbonyl (C=O) groups is 1. The molecule has 0 saturated carbocycles. The molecule has 0 aromatic carbocycles. The maximum Gasteiger partial charge on any atom is 0.268 e. The summed E-state index contributed by atoms with van der Waals surface area (Å²) in [4.78, 5) is 25.2. The Hall–Kier alpha value is -1.28. The second-order valence-corrected chi connectivity index (χ2v) is 20.3. The lowest BCUT2D eigenvalue weighted by molar-refractivity contribution is -0.870. The van der Waals surface area contributed by atoms with Crippen molar-refractivity contribution in [1.29, 1.82) is 0 Å². The summed E-state index contributed by atoms with van der Waals surface area (Å²) in [6, 6.07) is -0.905. The van der Waals surface area contributed by atoms with Crippen LogP contribution in [-0.4, -0.2) is 68.5 Å². The molecule has 0 aromatic rings. The number of hydrogen-bond donors (Lipinski definition) is 2. The smallest absolute Gasteiger partial charge is 0.268 e. The topological polar surface area (TPSA) is 108 Å². The molecule has 0 rings (SSSR count). The summed E-state index contributed by atoms with van der Waals surface area (Å²) in [7, 11) is 1.24. The Morgan fingerprint density at radius 3 is 1.33 bits per heavy atom. The molecular weight excluding hydrogens is 780 g/mol. The molecule has 0 fully saturated rings. The highest BCUT2D eigenvalue weighted by molar-refractivity contribution is 7.45. The number of unbranched alkanes of at least 4 members (excludes halogenated alkanes) is 30. The van der Waals surface area contributed by atoms with Gasteiger partial charge in [-0.15, -0.1) is 0 Å². The number of likely N-dealkylation sites (N-methyl/N-ethyl adjacent to an activating group) is 1. The van der Waals surface area contributed by atoms with Crippen molar-refractivity contribution >= 4 is 13.7 Å². The van der Waals surface area contributed by atoms with Crippen LogP contribution in [0.25, 0.3) is 0 Å². The third-order valence-corrected chi connectivity index (χ3v) is 12.5. The standard InChI is InChI=1S/C52H101N2O6P/c1-6-8-10-12-14-16-17-18-19-20-21-22-23-24-25-26-27-28-29-30-31-32-33-34-35-36-38-39-41-43-45-51(55)50(49-60-61(57,58)59-48-47-54(3,4)5)53-52(56)46-44-42-40-37-15-13-11-9-7-2/h32-33,36,38,43,45,50-51,55H,6-31,34-35,37,39-42,44,46-49H2,1-5H3,(H-,53,56,57,58)/b33-32+,38-36+,45-43+. The number of hydrogen-bond acceptors (Lipinski definition) is 6. The minimum atomic E-state index is -4.59. The number of amides is 1. The monoisotopic (exact) mass is 881 g/mol. The molecule has 0 aliphatic rings. The van der Waals surface area contributed by atoms with Gasteiger partial charge < -0.3 is 28.8 Å². The van der Waals surface area contributed by atoms with Gasteiger partial charge in [-0.3, -0.25) is 9.36 Å². The van der Waals surface area contributed by atoms with Crippen LogP contribution in [0.5, 0.6) is 0 Å². The molecule has 9 heteroatoms. The first-order chi connectivity index (χ1) is 29.5. The molecule has 0 heterocycles. The first kappa shape index (κ1) is 59.7. The van der Waals surface area contributed by atoms with Crippen LogP contribution in [0.4, 0.5) is 0 Å². The summed E-state index contributed by atoms with van der Waals surface area (Å²) in [6.07, 6.45) is 55.3. The summed E-state index contributed by atoms with van der Waals surface area (Å²) >= 11 is 0. The Labute approximate surface area is 378 Å². The molecule has 2 N–H and O–H groups in total. The van der Waals surface area contributed by atoms with Crippen molar-refractivity contribution in [3.05, 3.63) is 36.5 Å². The van der Waals surface area contributed by atoms with Gasteiger partial charge in [0.15, 0.2) is 0 Å². The van der Waals surface area contributed by atoms with Gasteiger partial charge in [0, 0.05) is 6.42 Å².